The first-order valence-electron chi connectivity index (χ1n) is 6.83. The second-order valence-electron chi connectivity index (χ2n) is 5.26. The molecule has 0 saturated carbocycles. The Kier molecular flexibility index (Phi) is 7.55. The van der Waals surface area contributed by atoms with E-state index in [-0.39, 0.29) is 6.10 Å². The van der Waals surface area contributed by atoms with Gasteiger partial charge in [-0.25, -0.2) is 9.97 Å². The number of aliphatic hydroxyl groups excluding tert-OH is 1. The Morgan fingerprint density at radius 3 is 2.79 bits per heavy atom. The molecule has 0 aliphatic rings. The van der Waals surface area contributed by atoms with E-state index in [1.54, 1.807) is 6.20 Å². The molecule has 0 radical (unpaired) electrons. The molecule has 1 aromatic rings. The van der Waals surface area contributed by atoms with Crippen LogP contribution in [0, 0.1) is 5.92 Å². The van der Waals surface area contributed by atoms with E-state index in [0.29, 0.717) is 25.6 Å². The SMILES string of the molecule is CC(C)CC(C)OCC(O)CNCc1ccncn1. The summed E-state index contributed by atoms with van der Waals surface area (Å²) in [6.07, 6.45) is 3.94. The minimum Gasteiger partial charge on any atom is -0.389 e. The minimum atomic E-state index is -0.489. The standard InChI is InChI=1S/C14H25N3O2/c1-11(2)6-12(3)19-9-14(18)8-16-7-13-4-5-15-10-17-13/h4-5,10-12,14,16,18H,6-9H2,1-3H3. The molecule has 2 unspecified atom stereocenters. The maximum atomic E-state index is 9.79. The summed E-state index contributed by atoms with van der Waals surface area (Å²) in [5, 5.41) is 12.9. The predicted octanol–water partition coefficient (Wildman–Crippen LogP) is 1.38. The van der Waals surface area contributed by atoms with Gasteiger partial charge >= 0.3 is 0 Å². The van der Waals surface area contributed by atoms with E-state index in [1.807, 2.05) is 13.0 Å². The summed E-state index contributed by atoms with van der Waals surface area (Å²) in [7, 11) is 0. The van der Waals surface area contributed by atoms with Gasteiger partial charge in [0.25, 0.3) is 0 Å². The first kappa shape index (κ1) is 16.0. The Bertz CT molecular complexity index is 333. The molecule has 0 bridgehead atoms. The van der Waals surface area contributed by atoms with Gasteiger partial charge in [0.05, 0.1) is 24.5 Å². The van der Waals surface area contributed by atoms with Crippen molar-refractivity contribution >= 4 is 0 Å². The van der Waals surface area contributed by atoms with Crippen LogP contribution >= 0.6 is 0 Å². The summed E-state index contributed by atoms with van der Waals surface area (Å²) in [4.78, 5) is 7.95. The number of hydrogen-bond donors (Lipinski definition) is 2. The van der Waals surface area contributed by atoms with E-state index in [0.717, 1.165) is 12.1 Å². The number of aromatic nitrogens is 2. The van der Waals surface area contributed by atoms with Gasteiger partial charge in [0.15, 0.2) is 0 Å². The Labute approximate surface area is 115 Å². The molecule has 19 heavy (non-hydrogen) atoms. The van der Waals surface area contributed by atoms with Gasteiger partial charge in [-0.2, -0.15) is 0 Å². The zero-order valence-corrected chi connectivity index (χ0v) is 12.0. The lowest BCUT2D eigenvalue weighted by atomic mass is 10.1. The molecule has 2 atom stereocenters. The van der Waals surface area contributed by atoms with Crippen LogP contribution in [0.2, 0.25) is 0 Å². The molecule has 0 aliphatic heterocycles. The number of hydrogen-bond acceptors (Lipinski definition) is 5. The van der Waals surface area contributed by atoms with Crippen molar-refractivity contribution in [2.45, 2.75) is 45.9 Å². The maximum Gasteiger partial charge on any atom is 0.115 e. The number of aliphatic hydroxyl groups is 1. The fourth-order valence-electron chi connectivity index (χ4n) is 1.86. The third kappa shape index (κ3) is 7.87. The molecule has 108 valence electrons. The van der Waals surface area contributed by atoms with Crippen LogP contribution in [0.5, 0.6) is 0 Å². The molecule has 5 nitrogen and oxygen atoms in total. The van der Waals surface area contributed by atoms with Crippen molar-refractivity contribution in [3.63, 3.8) is 0 Å². The molecule has 0 aromatic carbocycles. The molecule has 0 saturated heterocycles. The van der Waals surface area contributed by atoms with E-state index in [1.165, 1.54) is 6.33 Å². The van der Waals surface area contributed by atoms with Gasteiger partial charge < -0.3 is 15.2 Å². The highest BCUT2D eigenvalue weighted by Gasteiger charge is 2.09. The first-order valence-corrected chi connectivity index (χ1v) is 6.83. The van der Waals surface area contributed by atoms with Gasteiger partial charge in [-0.3, -0.25) is 0 Å². The number of ether oxygens (including phenoxy) is 1. The van der Waals surface area contributed by atoms with Crippen molar-refractivity contribution in [1.29, 1.82) is 0 Å². The average molecular weight is 267 g/mol. The highest BCUT2D eigenvalue weighted by Crippen LogP contribution is 2.07. The topological polar surface area (TPSA) is 67.3 Å². The summed E-state index contributed by atoms with van der Waals surface area (Å²) >= 11 is 0. The van der Waals surface area contributed by atoms with Crippen LogP contribution < -0.4 is 5.32 Å². The van der Waals surface area contributed by atoms with E-state index in [2.05, 4.69) is 29.1 Å². The smallest absolute Gasteiger partial charge is 0.115 e. The van der Waals surface area contributed by atoms with E-state index < -0.39 is 6.10 Å². The third-order valence-electron chi connectivity index (χ3n) is 2.71. The van der Waals surface area contributed by atoms with Crippen molar-refractivity contribution in [2.24, 2.45) is 5.92 Å². The van der Waals surface area contributed by atoms with Crippen LogP contribution in [0.1, 0.15) is 32.9 Å². The monoisotopic (exact) mass is 267 g/mol. The molecule has 1 aromatic heterocycles. The molecular weight excluding hydrogens is 242 g/mol. The predicted molar refractivity (Wildman–Crippen MR) is 74.6 cm³/mol. The van der Waals surface area contributed by atoms with Crippen molar-refractivity contribution in [3.8, 4) is 0 Å². The van der Waals surface area contributed by atoms with Crippen LogP contribution in [0.25, 0.3) is 0 Å². The van der Waals surface area contributed by atoms with Crippen molar-refractivity contribution < 1.29 is 9.84 Å². The molecule has 0 fully saturated rings. The van der Waals surface area contributed by atoms with Gasteiger partial charge in [0.1, 0.15) is 6.33 Å². The molecule has 0 spiro atoms. The highest BCUT2D eigenvalue weighted by atomic mass is 16.5. The largest absolute Gasteiger partial charge is 0.389 e. The molecule has 1 rings (SSSR count). The van der Waals surface area contributed by atoms with Crippen molar-refractivity contribution in [1.82, 2.24) is 15.3 Å². The van der Waals surface area contributed by atoms with Gasteiger partial charge in [0, 0.05) is 19.3 Å². The Balaban J connectivity index is 2.09. The van der Waals surface area contributed by atoms with E-state index in [4.69, 9.17) is 4.74 Å². The number of nitrogens with one attached hydrogen (secondary N) is 1. The zero-order valence-electron chi connectivity index (χ0n) is 12.0. The fourth-order valence-corrected chi connectivity index (χ4v) is 1.86. The highest BCUT2D eigenvalue weighted by molar-refractivity contribution is 4.96. The second kappa shape index (κ2) is 8.96. The minimum absolute atomic E-state index is 0.191. The summed E-state index contributed by atoms with van der Waals surface area (Å²) in [6, 6.07) is 1.85. The molecule has 0 aliphatic carbocycles. The van der Waals surface area contributed by atoms with Crippen molar-refractivity contribution in [2.75, 3.05) is 13.2 Å². The lowest BCUT2D eigenvalue weighted by molar-refractivity contribution is -0.00859. The lowest BCUT2D eigenvalue weighted by Crippen LogP contribution is -2.31. The Morgan fingerprint density at radius 2 is 2.16 bits per heavy atom. The average Bonchev–Trinajstić information content (AvgIpc) is 2.37. The maximum absolute atomic E-state index is 9.79. The quantitative estimate of drug-likeness (QED) is 0.707. The van der Waals surface area contributed by atoms with Crippen molar-refractivity contribution in [3.05, 3.63) is 24.3 Å². The van der Waals surface area contributed by atoms with Crippen LogP contribution in [-0.2, 0) is 11.3 Å². The summed E-state index contributed by atoms with van der Waals surface area (Å²) < 4.78 is 5.60. The third-order valence-corrected chi connectivity index (χ3v) is 2.71. The fraction of sp³-hybridized carbons (Fsp3) is 0.714. The van der Waals surface area contributed by atoms with Gasteiger partial charge in [-0.05, 0) is 25.3 Å². The van der Waals surface area contributed by atoms with Crippen LogP contribution in [0.15, 0.2) is 18.6 Å². The van der Waals surface area contributed by atoms with E-state index in [9.17, 15) is 5.11 Å². The molecule has 2 N–H and O–H groups in total. The van der Waals surface area contributed by atoms with Crippen LogP contribution in [0.3, 0.4) is 0 Å². The first-order chi connectivity index (χ1) is 9.08. The summed E-state index contributed by atoms with van der Waals surface area (Å²) in [5.74, 6) is 0.614. The Morgan fingerprint density at radius 1 is 1.37 bits per heavy atom. The van der Waals surface area contributed by atoms with Crippen LogP contribution in [-0.4, -0.2) is 40.4 Å². The zero-order chi connectivity index (χ0) is 14.1. The normalized spacial score (nSPS) is 14.6. The van der Waals surface area contributed by atoms with E-state index >= 15 is 0 Å². The second-order valence-corrected chi connectivity index (χ2v) is 5.26. The molecular formula is C14H25N3O2. The van der Waals surface area contributed by atoms with Crippen LogP contribution in [0.4, 0.5) is 0 Å². The Hall–Kier alpha value is -1.04. The lowest BCUT2D eigenvalue weighted by Gasteiger charge is -2.18. The summed E-state index contributed by atoms with van der Waals surface area (Å²) in [6.45, 7) is 7.87. The number of rotatable bonds is 9. The van der Waals surface area contributed by atoms with Gasteiger partial charge in [-0.15, -0.1) is 0 Å². The van der Waals surface area contributed by atoms with Gasteiger partial charge in [-0.1, -0.05) is 13.8 Å². The molecule has 0 amide bonds. The van der Waals surface area contributed by atoms with Gasteiger partial charge in [0.2, 0.25) is 0 Å². The molecule has 5 heteroatoms. The summed E-state index contributed by atoms with van der Waals surface area (Å²) in [5.41, 5.74) is 0.913. The number of nitrogens with zero attached hydrogens (tertiary/aromatic N) is 2. The molecule has 1 heterocycles.